The zero-order valence-corrected chi connectivity index (χ0v) is 19.4. The first-order valence-electron chi connectivity index (χ1n) is 11.1. The molecule has 0 N–H and O–H groups in total. The molecule has 0 atom stereocenters. The molecule has 0 spiro atoms. The minimum Gasteiger partial charge on any atom is -0.355 e. The number of amides is 1. The molecule has 1 aliphatic heterocycles. The number of anilines is 1. The van der Waals surface area contributed by atoms with E-state index in [4.69, 9.17) is 0 Å². The van der Waals surface area contributed by atoms with Gasteiger partial charge in [0, 0.05) is 44.4 Å². The van der Waals surface area contributed by atoms with Gasteiger partial charge in [-0.3, -0.25) is 4.79 Å². The van der Waals surface area contributed by atoms with Gasteiger partial charge in [-0.1, -0.05) is 24.3 Å². The van der Waals surface area contributed by atoms with Crippen molar-refractivity contribution in [3.05, 3.63) is 77.9 Å². The van der Waals surface area contributed by atoms with Gasteiger partial charge in [0.05, 0.1) is 16.8 Å². The second kappa shape index (κ2) is 9.54. The fraction of sp³-hybridized carbons (Fsp3) is 0.280. The smallest absolute Gasteiger partial charge is 0.225 e. The zero-order chi connectivity index (χ0) is 22.6. The summed E-state index contributed by atoms with van der Waals surface area (Å²) < 4.78 is 1.84. The van der Waals surface area contributed by atoms with Crippen LogP contribution >= 0.6 is 11.3 Å². The topological polar surface area (TPSA) is 67.2 Å². The Hall–Kier alpha value is -3.52. The van der Waals surface area contributed by atoms with Gasteiger partial charge in [-0.05, 0) is 48.6 Å². The summed E-state index contributed by atoms with van der Waals surface area (Å²) in [7, 11) is 1.88. The number of aromatic nitrogens is 4. The lowest BCUT2D eigenvalue weighted by atomic mass is 9.95. The summed E-state index contributed by atoms with van der Waals surface area (Å²) in [5, 5.41) is 15.3. The molecule has 1 fully saturated rings. The molecular weight excluding hydrogens is 432 g/mol. The van der Waals surface area contributed by atoms with Crippen LogP contribution in [0.1, 0.15) is 18.4 Å². The molecule has 1 saturated heterocycles. The molecule has 4 aromatic rings. The Labute approximate surface area is 197 Å². The van der Waals surface area contributed by atoms with Gasteiger partial charge in [-0.2, -0.15) is 5.10 Å². The fourth-order valence-corrected chi connectivity index (χ4v) is 4.92. The van der Waals surface area contributed by atoms with Crippen LogP contribution in [0.3, 0.4) is 0 Å². The molecule has 3 aromatic heterocycles. The van der Waals surface area contributed by atoms with Gasteiger partial charge >= 0.3 is 0 Å². The number of carbonyl (C=O) groups is 1. The van der Waals surface area contributed by atoms with Crippen LogP contribution in [-0.2, 0) is 11.3 Å². The molecule has 8 heteroatoms. The normalized spacial score (nSPS) is 14.4. The lowest BCUT2D eigenvalue weighted by Crippen LogP contribution is -2.41. The predicted molar refractivity (Wildman–Crippen MR) is 130 cm³/mol. The van der Waals surface area contributed by atoms with E-state index in [1.807, 2.05) is 82.9 Å². The third-order valence-corrected chi connectivity index (χ3v) is 6.94. The molecular formula is C25H26N6OS. The van der Waals surface area contributed by atoms with Crippen molar-refractivity contribution in [2.45, 2.75) is 19.4 Å². The van der Waals surface area contributed by atoms with Gasteiger partial charge in [0.1, 0.15) is 5.69 Å². The number of rotatable bonds is 6. The Kier molecular flexibility index (Phi) is 6.17. The van der Waals surface area contributed by atoms with E-state index >= 15 is 0 Å². The van der Waals surface area contributed by atoms with Gasteiger partial charge in [0.2, 0.25) is 5.91 Å². The summed E-state index contributed by atoms with van der Waals surface area (Å²) in [6, 6.07) is 18.1. The molecule has 4 heterocycles. The van der Waals surface area contributed by atoms with E-state index < -0.39 is 0 Å². The maximum Gasteiger partial charge on any atom is 0.225 e. The van der Waals surface area contributed by atoms with Gasteiger partial charge in [0.25, 0.3) is 0 Å². The second-order valence-corrected chi connectivity index (χ2v) is 9.29. The quantitative estimate of drug-likeness (QED) is 0.432. The standard InChI is InChI=1S/C25H26N6OS/c1-29(17-19-16-26-31(18-19)21-6-3-2-4-7-21)25(32)20-11-13-30(14-12-20)24-10-9-22(27-28-24)23-8-5-15-33-23/h2-10,15-16,18,20H,11-14,17H2,1H3. The minimum absolute atomic E-state index is 0.0359. The van der Waals surface area contributed by atoms with Gasteiger partial charge < -0.3 is 9.80 Å². The maximum atomic E-state index is 13.1. The average molecular weight is 459 g/mol. The summed E-state index contributed by atoms with van der Waals surface area (Å²) in [5.41, 5.74) is 2.93. The molecule has 0 aliphatic carbocycles. The molecule has 1 aromatic carbocycles. The highest BCUT2D eigenvalue weighted by atomic mass is 32.1. The van der Waals surface area contributed by atoms with Crippen LogP contribution in [0.4, 0.5) is 5.82 Å². The third kappa shape index (κ3) is 4.80. The van der Waals surface area contributed by atoms with E-state index in [1.54, 1.807) is 11.3 Å². The number of para-hydroxylation sites is 1. The van der Waals surface area contributed by atoms with Crippen molar-refractivity contribution in [1.29, 1.82) is 0 Å². The summed E-state index contributed by atoms with van der Waals surface area (Å²) in [4.78, 5) is 18.2. The van der Waals surface area contributed by atoms with Crippen molar-refractivity contribution < 1.29 is 4.79 Å². The first-order valence-corrected chi connectivity index (χ1v) is 12.0. The van der Waals surface area contributed by atoms with E-state index in [9.17, 15) is 4.79 Å². The molecule has 33 heavy (non-hydrogen) atoms. The van der Waals surface area contributed by atoms with E-state index in [0.29, 0.717) is 6.54 Å². The SMILES string of the molecule is CN(Cc1cnn(-c2ccccc2)c1)C(=O)C1CCN(c2ccc(-c3cccs3)nn2)CC1. The highest BCUT2D eigenvalue weighted by molar-refractivity contribution is 7.13. The van der Waals surface area contributed by atoms with E-state index in [2.05, 4.69) is 26.3 Å². The lowest BCUT2D eigenvalue weighted by Gasteiger charge is -2.33. The molecule has 0 radical (unpaired) electrons. The average Bonchev–Trinajstić information content (AvgIpc) is 3.57. The number of benzene rings is 1. The zero-order valence-electron chi connectivity index (χ0n) is 18.5. The summed E-state index contributed by atoms with van der Waals surface area (Å²) in [5.74, 6) is 1.11. The number of thiophene rings is 1. The largest absolute Gasteiger partial charge is 0.355 e. The van der Waals surface area contributed by atoms with Crippen LogP contribution in [0.5, 0.6) is 0 Å². The van der Waals surface area contributed by atoms with Crippen LogP contribution in [0, 0.1) is 5.92 Å². The van der Waals surface area contributed by atoms with Crippen LogP contribution < -0.4 is 4.90 Å². The van der Waals surface area contributed by atoms with E-state index in [0.717, 1.165) is 53.6 Å². The Morgan fingerprint density at radius 2 is 1.88 bits per heavy atom. The minimum atomic E-state index is 0.0359. The third-order valence-electron chi connectivity index (χ3n) is 6.05. The van der Waals surface area contributed by atoms with Crippen molar-refractivity contribution in [2.24, 2.45) is 5.92 Å². The highest BCUT2D eigenvalue weighted by Gasteiger charge is 2.28. The number of piperidine rings is 1. The van der Waals surface area contributed by atoms with Crippen molar-refractivity contribution in [3.8, 4) is 16.3 Å². The fourth-order valence-electron chi connectivity index (χ4n) is 4.23. The molecule has 5 rings (SSSR count). The molecule has 1 aliphatic rings. The van der Waals surface area contributed by atoms with Crippen molar-refractivity contribution in [1.82, 2.24) is 24.9 Å². The molecule has 0 saturated carbocycles. The van der Waals surface area contributed by atoms with Crippen LogP contribution in [-0.4, -0.2) is 50.9 Å². The lowest BCUT2D eigenvalue weighted by molar-refractivity contribution is -0.135. The first-order chi connectivity index (χ1) is 16.2. The van der Waals surface area contributed by atoms with Crippen LogP contribution in [0.25, 0.3) is 16.3 Å². The predicted octanol–water partition coefficient (Wildman–Crippen LogP) is 4.27. The maximum absolute atomic E-state index is 13.1. The monoisotopic (exact) mass is 458 g/mol. The van der Waals surface area contributed by atoms with Crippen molar-refractivity contribution >= 4 is 23.1 Å². The second-order valence-electron chi connectivity index (χ2n) is 8.34. The number of hydrogen-bond donors (Lipinski definition) is 0. The number of carbonyl (C=O) groups excluding carboxylic acids is 1. The van der Waals surface area contributed by atoms with Gasteiger partial charge in [-0.25, -0.2) is 4.68 Å². The van der Waals surface area contributed by atoms with E-state index in [1.165, 1.54) is 0 Å². The Bertz CT molecular complexity index is 1180. The summed E-state index contributed by atoms with van der Waals surface area (Å²) >= 11 is 1.66. The Morgan fingerprint density at radius 1 is 1.06 bits per heavy atom. The Balaban J connectivity index is 1.15. The van der Waals surface area contributed by atoms with Crippen LogP contribution in [0.2, 0.25) is 0 Å². The molecule has 0 unspecified atom stereocenters. The molecule has 7 nitrogen and oxygen atoms in total. The van der Waals surface area contributed by atoms with Gasteiger partial charge in [0.15, 0.2) is 5.82 Å². The van der Waals surface area contributed by atoms with Crippen molar-refractivity contribution in [3.63, 3.8) is 0 Å². The molecule has 1 amide bonds. The summed E-state index contributed by atoms with van der Waals surface area (Å²) in [6.07, 6.45) is 5.46. The van der Waals surface area contributed by atoms with Crippen LogP contribution in [0.15, 0.2) is 72.4 Å². The van der Waals surface area contributed by atoms with Crippen molar-refractivity contribution in [2.75, 3.05) is 25.0 Å². The summed E-state index contributed by atoms with van der Waals surface area (Å²) in [6.45, 7) is 2.17. The Morgan fingerprint density at radius 3 is 2.58 bits per heavy atom. The molecule has 168 valence electrons. The number of nitrogens with zero attached hydrogens (tertiary/aromatic N) is 6. The molecule has 0 bridgehead atoms. The highest BCUT2D eigenvalue weighted by Crippen LogP contribution is 2.26. The van der Waals surface area contributed by atoms with E-state index in [-0.39, 0.29) is 11.8 Å². The van der Waals surface area contributed by atoms with Gasteiger partial charge in [-0.15, -0.1) is 21.5 Å². The first kappa shape index (κ1) is 21.3. The number of hydrogen-bond acceptors (Lipinski definition) is 6.